The van der Waals surface area contributed by atoms with Crippen LogP contribution in [0.3, 0.4) is 0 Å². The Kier molecular flexibility index (Phi) is 8.79. The molecule has 0 radical (unpaired) electrons. The van der Waals surface area contributed by atoms with Gasteiger partial charge in [0.2, 0.25) is 0 Å². The first-order chi connectivity index (χ1) is 11.3. The van der Waals surface area contributed by atoms with Gasteiger partial charge in [0.25, 0.3) is 5.91 Å². The van der Waals surface area contributed by atoms with E-state index in [2.05, 4.69) is 43.4 Å². The first-order valence-electron chi connectivity index (χ1n) is 8.85. The molecule has 0 aliphatic rings. The molecule has 0 saturated heterocycles. The van der Waals surface area contributed by atoms with Crippen LogP contribution in [0.4, 0.5) is 0 Å². The largest absolute Gasteiger partial charge is 0.508 e. The van der Waals surface area contributed by atoms with Crippen LogP contribution in [0.2, 0.25) is 0 Å². The van der Waals surface area contributed by atoms with E-state index in [4.69, 9.17) is 0 Å². The van der Waals surface area contributed by atoms with Gasteiger partial charge in [-0.25, -0.2) is 0 Å². The number of benzene rings is 1. The number of hydrogen-bond donors (Lipinski definition) is 3. The molecule has 0 unspecified atom stereocenters. The third kappa shape index (κ3) is 8.31. The van der Waals surface area contributed by atoms with Crippen molar-refractivity contribution in [3.8, 4) is 5.75 Å². The molecular weight excluding hydrogens is 302 g/mol. The Morgan fingerprint density at radius 2 is 1.88 bits per heavy atom. The van der Waals surface area contributed by atoms with Gasteiger partial charge in [0.1, 0.15) is 5.75 Å². The lowest BCUT2D eigenvalue weighted by atomic mass is 10.0. The van der Waals surface area contributed by atoms with Crippen molar-refractivity contribution in [3.63, 3.8) is 0 Å². The van der Waals surface area contributed by atoms with Crippen LogP contribution in [-0.2, 0) is 0 Å². The van der Waals surface area contributed by atoms with Crippen molar-refractivity contribution in [3.05, 3.63) is 29.8 Å². The number of amides is 1. The lowest BCUT2D eigenvalue weighted by molar-refractivity contribution is 0.0951. The summed E-state index contributed by atoms with van der Waals surface area (Å²) >= 11 is 0. The van der Waals surface area contributed by atoms with Crippen LogP contribution in [0.25, 0.3) is 0 Å². The highest BCUT2D eigenvalue weighted by Gasteiger charge is 2.12. The number of aromatic hydroxyl groups is 1. The molecule has 1 aromatic rings. The number of carbonyl (C=O) groups excluding carboxylic acids is 1. The van der Waals surface area contributed by atoms with Gasteiger partial charge in [0.05, 0.1) is 0 Å². The van der Waals surface area contributed by atoms with E-state index in [1.54, 1.807) is 18.2 Å². The highest BCUT2D eigenvalue weighted by Crippen LogP contribution is 2.10. The zero-order valence-corrected chi connectivity index (χ0v) is 15.6. The summed E-state index contributed by atoms with van der Waals surface area (Å²) in [6.45, 7) is 10.3. The van der Waals surface area contributed by atoms with Gasteiger partial charge in [-0.1, -0.05) is 13.0 Å². The van der Waals surface area contributed by atoms with E-state index in [-0.39, 0.29) is 17.2 Å². The summed E-state index contributed by atoms with van der Waals surface area (Å²) in [6.07, 6.45) is 3.16. The summed E-state index contributed by atoms with van der Waals surface area (Å²) < 4.78 is 0. The molecule has 3 N–H and O–H groups in total. The van der Waals surface area contributed by atoms with Crippen LogP contribution in [0.1, 0.15) is 50.4 Å². The fourth-order valence-corrected chi connectivity index (χ4v) is 2.31. The van der Waals surface area contributed by atoms with Crippen LogP contribution in [0.5, 0.6) is 5.75 Å². The fraction of sp³-hybridized carbons (Fsp3) is 0.632. The smallest absolute Gasteiger partial charge is 0.251 e. The van der Waals surface area contributed by atoms with Crippen molar-refractivity contribution in [2.75, 3.05) is 33.2 Å². The van der Waals surface area contributed by atoms with Crippen LogP contribution < -0.4 is 10.6 Å². The molecule has 0 heterocycles. The summed E-state index contributed by atoms with van der Waals surface area (Å²) in [6, 6.07) is 6.41. The second-order valence-electron chi connectivity index (χ2n) is 6.98. The van der Waals surface area contributed by atoms with Gasteiger partial charge in [-0.3, -0.25) is 4.79 Å². The van der Waals surface area contributed by atoms with E-state index in [1.165, 1.54) is 6.07 Å². The maximum absolute atomic E-state index is 11.9. The maximum atomic E-state index is 11.9. The SMILES string of the molecule is CCC(C)(C)NCCCN(C)CCCNC(=O)c1cccc(O)c1. The van der Waals surface area contributed by atoms with Gasteiger partial charge in [-0.15, -0.1) is 0 Å². The summed E-state index contributed by atoms with van der Waals surface area (Å²) in [5, 5.41) is 15.8. The maximum Gasteiger partial charge on any atom is 0.251 e. The normalized spacial score (nSPS) is 11.7. The van der Waals surface area contributed by atoms with Crippen molar-refractivity contribution in [2.24, 2.45) is 0 Å². The Morgan fingerprint density at radius 1 is 1.21 bits per heavy atom. The Labute approximate surface area is 146 Å². The van der Waals surface area contributed by atoms with E-state index in [0.29, 0.717) is 12.1 Å². The quantitative estimate of drug-likeness (QED) is 0.544. The Hall–Kier alpha value is -1.59. The average Bonchev–Trinajstić information content (AvgIpc) is 2.55. The van der Waals surface area contributed by atoms with Gasteiger partial charge in [-0.2, -0.15) is 0 Å². The predicted octanol–water partition coefficient (Wildman–Crippen LogP) is 2.61. The molecule has 0 fully saturated rings. The van der Waals surface area contributed by atoms with Crippen molar-refractivity contribution in [2.45, 2.75) is 45.6 Å². The highest BCUT2D eigenvalue weighted by atomic mass is 16.3. The minimum atomic E-state index is -0.139. The Balaban J connectivity index is 2.11. The molecular formula is C19H33N3O2. The third-order valence-corrected chi connectivity index (χ3v) is 4.31. The molecule has 5 heteroatoms. The van der Waals surface area contributed by atoms with Gasteiger partial charge in [0, 0.05) is 17.6 Å². The van der Waals surface area contributed by atoms with Crippen molar-refractivity contribution in [1.29, 1.82) is 0 Å². The second-order valence-corrected chi connectivity index (χ2v) is 6.98. The number of rotatable bonds is 11. The average molecular weight is 335 g/mol. The van der Waals surface area contributed by atoms with E-state index >= 15 is 0 Å². The molecule has 0 spiro atoms. The molecule has 1 aromatic carbocycles. The van der Waals surface area contributed by atoms with Crippen molar-refractivity contribution >= 4 is 5.91 Å². The predicted molar refractivity (Wildman–Crippen MR) is 99.5 cm³/mol. The summed E-state index contributed by atoms with van der Waals surface area (Å²) in [5.41, 5.74) is 0.710. The summed E-state index contributed by atoms with van der Waals surface area (Å²) in [5.74, 6) is -0.0261. The molecule has 0 aliphatic carbocycles. The zero-order valence-electron chi connectivity index (χ0n) is 15.6. The van der Waals surface area contributed by atoms with Gasteiger partial charge < -0.3 is 20.6 Å². The molecule has 0 bridgehead atoms. The summed E-state index contributed by atoms with van der Waals surface area (Å²) in [4.78, 5) is 14.2. The Morgan fingerprint density at radius 3 is 2.50 bits per heavy atom. The number of hydrogen-bond acceptors (Lipinski definition) is 4. The molecule has 0 saturated carbocycles. The third-order valence-electron chi connectivity index (χ3n) is 4.31. The van der Waals surface area contributed by atoms with Gasteiger partial charge >= 0.3 is 0 Å². The standard InChI is InChI=1S/C19H33N3O2/c1-5-19(2,3)21-12-8-14-22(4)13-7-11-20-18(24)16-9-6-10-17(23)15-16/h6,9-10,15,21,23H,5,7-8,11-14H2,1-4H3,(H,20,24). The molecule has 1 rings (SSSR count). The lowest BCUT2D eigenvalue weighted by Gasteiger charge is -2.25. The molecule has 0 aliphatic heterocycles. The van der Waals surface area contributed by atoms with Crippen LogP contribution in [0, 0.1) is 0 Å². The molecule has 5 nitrogen and oxygen atoms in total. The van der Waals surface area contributed by atoms with E-state index in [9.17, 15) is 9.90 Å². The highest BCUT2D eigenvalue weighted by molar-refractivity contribution is 5.94. The lowest BCUT2D eigenvalue weighted by Crippen LogP contribution is -2.40. The molecule has 1 amide bonds. The number of nitrogens with zero attached hydrogens (tertiary/aromatic N) is 1. The second kappa shape index (κ2) is 10.3. The molecule has 136 valence electrons. The van der Waals surface area contributed by atoms with Gasteiger partial charge in [0.15, 0.2) is 0 Å². The van der Waals surface area contributed by atoms with Crippen LogP contribution in [0.15, 0.2) is 24.3 Å². The van der Waals surface area contributed by atoms with E-state index in [1.807, 2.05) is 0 Å². The van der Waals surface area contributed by atoms with Crippen LogP contribution in [-0.4, -0.2) is 54.7 Å². The van der Waals surface area contributed by atoms with E-state index in [0.717, 1.165) is 38.9 Å². The minimum Gasteiger partial charge on any atom is -0.508 e. The number of nitrogens with one attached hydrogen (secondary N) is 2. The number of carbonyl (C=O) groups is 1. The molecule has 0 atom stereocenters. The Bertz CT molecular complexity index is 503. The molecule has 24 heavy (non-hydrogen) atoms. The fourth-order valence-electron chi connectivity index (χ4n) is 2.31. The zero-order chi connectivity index (χ0) is 18.0. The monoisotopic (exact) mass is 335 g/mol. The minimum absolute atomic E-state index is 0.113. The number of phenols is 1. The first-order valence-corrected chi connectivity index (χ1v) is 8.85. The van der Waals surface area contributed by atoms with Gasteiger partial charge in [-0.05, 0) is 78.0 Å². The van der Waals surface area contributed by atoms with E-state index < -0.39 is 0 Å². The topological polar surface area (TPSA) is 64.6 Å². The molecule has 0 aromatic heterocycles. The van der Waals surface area contributed by atoms with Crippen molar-refractivity contribution in [1.82, 2.24) is 15.5 Å². The summed E-state index contributed by atoms with van der Waals surface area (Å²) in [7, 11) is 2.11. The first kappa shape index (κ1) is 20.5. The van der Waals surface area contributed by atoms with Crippen molar-refractivity contribution < 1.29 is 9.90 Å². The van der Waals surface area contributed by atoms with Crippen LogP contribution >= 0.6 is 0 Å². The number of phenolic OH excluding ortho intramolecular Hbond substituents is 1.